The lowest BCUT2D eigenvalue weighted by Crippen LogP contribution is -2.25. The van der Waals surface area contributed by atoms with E-state index in [-0.39, 0.29) is 0 Å². The van der Waals surface area contributed by atoms with Crippen molar-refractivity contribution in [3.05, 3.63) is 108 Å². The van der Waals surface area contributed by atoms with Crippen LogP contribution in [-0.2, 0) is 10.2 Å². The summed E-state index contributed by atoms with van der Waals surface area (Å²) < 4.78 is 11.7. The predicted octanol–water partition coefficient (Wildman–Crippen LogP) is 5.94. The second kappa shape index (κ2) is 8.86. The summed E-state index contributed by atoms with van der Waals surface area (Å²) in [5.74, 6) is 2.75. The minimum absolute atomic E-state index is 0.680. The number of nitrogen functional groups attached to an aromatic ring is 2. The van der Waals surface area contributed by atoms with Crippen LogP contribution in [0.15, 0.2) is 97.1 Å². The van der Waals surface area contributed by atoms with E-state index in [1.54, 1.807) is 24.3 Å². The molecule has 5 heteroatoms. The van der Waals surface area contributed by atoms with Crippen molar-refractivity contribution >= 4 is 17.7 Å². The van der Waals surface area contributed by atoms with Crippen LogP contribution >= 0.6 is 0 Å². The summed E-state index contributed by atoms with van der Waals surface area (Å²) in [5.41, 5.74) is 13.7. The maximum Gasteiger partial charge on any atom is 0.134 e. The molecule has 0 unspecified atom stereocenters. The van der Waals surface area contributed by atoms with E-state index in [9.17, 15) is 4.79 Å². The lowest BCUT2D eigenvalue weighted by atomic mass is 9.77. The number of rotatable bonds is 7. The summed E-state index contributed by atoms with van der Waals surface area (Å²) in [6, 6.07) is 29.4. The van der Waals surface area contributed by atoms with Crippen molar-refractivity contribution in [3.8, 4) is 23.0 Å². The van der Waals surface area contributed by atoms with Crippen molar-refractivity contribution in [1.82, 2.24) is 0 Å². The molecule has 0 heterocycles. The number of hydrogen-bond donors (Lipinski definition) is 2. The van der Waals surface area contributed by atoms with Crippen LogP contribution in [0, 0.1) is 0 Å². The first-order chi connectivity index (χ1) is 15.5. The second-order valence-corrected chi connectivity index (χ2v) is 7.71. The fourth-order valence-corrected chi connectivity index (χ4v) is 3.39. The Labute approximate surface area is 187 Å². The summed E-state index contributed by atoms with van der Waals surface area (Å²) in [5, 5.41) is 0. The average Bonchev–Trinajstić information content (AvgIpc) is 2.82. The third-order valence-electron chi connectivity index (χ3n) is 5.38. The van der Waals surface area contributed by atoms with E-state index in [4.69, 9.17) is 20.9 Å². The van der Waals surface area contributed by atoms with Gasteiger partial charge in [-0.25, -0.2) is 0 Å². The summed E-state index contributed by atoms with van der Waals surface area (Å²) in [4.78, 5) is 12.2. The first kappa shape index (κ1) is 21.0. The van der Waals surface area contributed by atoms with Gasteiger partial charge in [0.05, 0.1) is 5.41 Å². The van der Waals surface area contributed by atoms with Gasteiger partial charge in [0.2, 0.25) is 0 Å². The molecule has 32 heavy (non-hydrogen) atoms. The average molecular weight is 425 g/mol. The summed E-state index contributed by atoms with van der Waals surface area (Å²) >= 11 is 0. The predicted molar refractivity (Wildman–Crippen MR) is 127 cm³/mol. The van der Waals surface area contributed by atoms with Gasteiger partial charge < -0.3 is 25.7 Å². The molecule has 0 bridgehead atoms. The minimum Gasteiger partial charge on any atom is -0.457 e. The molecule has 0 radical (unpaired) electrons. The molecule has 0 aliphatic heterocycles. The van der Waals surface area contributed by atoms with E-state index in [0.29, 0.717) is 34.4 Å². The van der Waals surface area contributed by atoms with E-state index in [1.807, 2.05) is 79.7 Å². The molecule has 0 amide bonds. The lowest BCUT2D eigenvalue weighted by Gasteiger charge is -2.25. The number of ether oxygens (including phenoxy) is 2. The SMILES string of the molecule is CC(C=O)(c1ccc(Oc2ccc(N)cc2)cc1)c1ccc(Oc2ccc(N)cc2)cc1. The summed E-state index contributed by atoms with van der Waals surface area (Å²) in [6.07, 6.45) is 0.957. The number of carbonyl (C=O) groups excluding carboxylic acids is 1. The standard InChI is InChI=1S/C27H24N2O3/c1-27(18-30,19-2-10-23(11-3-19)31-25-14-6-21(28)7-15-25)20-4-12-24(13-5-20)32-26-16-8-22(29)9-17-26/h2-18H,28-29H2,1H3. The number of carbonyl (C=O) groups is 1. The van der Waals surface area contributed by atoms with Crippen molar-refractivity contribution < 1.29 is 14.3 Å². The molecule has 0 aliphatic rings. The van der Waals surface area contributed by atoms with E-state index in [0.717, 1.165) is 17.4 Å². The Morgan fingerprint density at radius 2 is 0.844 bits per heavy atom. The van der Waals surface area contributed by atoms with Crippen LogP contribution in [0.5, 0.6) is 23.0 Å². The fraction of sp³-hybridized carbons (Fsp3) is 0.0741. The molecule has 0 spiro atoms. The molecule has 0 saturated heterocycles. The number of hydrogen-bond acceptors (Lipinski definition) is 5. The van der Waals surface area contributed by atoms with Crippen LogP contribution in [0.1, 0.15) is 18.1 Å². The molecule has 4 N–H and O–H groups in total. The zero-order valence-electron chi connectivity index (χ0n) is 17.7. The molecule has 0 aliphatic carbocycles. The highest BCUT2D eigenvalue weighted by Crippen LogP contribution is 2.34. The quantitative estimate of drug-likeness (QED) is 0.283. The Bertz CT molecular complexity index is 1090. The number of anilines is 2. The number of benzene rings is 4. The van der Waals surface area contributed by atoms with Gasteiger partial charge in [-0.1, -0.05) is 24.3 Å². The van der Waals surface area contributed by atoms with Crippen LogP contribution in [0.25, 0.3) is 0 Å². The third-order valence-corrected chi connectivity index (χ3v) is 5.38. The van der Waals surface area contributed by atoms with Crippen LogP contribution in [0.3, 0.4) is 0 Å². The Morgan fingerprint density at radius 1 is 0.562 bits per heavy atom. The maximum absolute atomic E-state index is 12.2. The lowest BCUT2D eigenvalue weighted by molar-refractivity contribution is -0.110. The number of aldehydes is 1. The molecule has 4 aromatic rings. The van der Waals surface area contributed by atoms with Gasteiger partial charge in [0.25, 0.3) is 0 Å². The maximum atomic E-state index is 12.2. The van der Waals surface area contributed by atoms with E-state index in [2.05, 4.69) is 0 Å². The largest absolute Gasteiger partial charge is 0.457 e. The molecular weight excluding hydrogens is 400 g/mol. The molecular formula is C27H24N2O3. The van der Waals surface area contributed by atoms with Crippen molar-refractivity contribution in [2.75, 3.05) is 11.5 Å². The molecule has 0 atom stereocenters. The molecule has 4 aromatic carbocycles. The summed E-state index contributed by atoms with van der Waals surface area (Å²) in [6.45, 7) is 1.89. The summed E-state index contributed by atoms with van der Waals surface area (Å²) in [7, 11) is 0. The molecule has 5 nitrogen and oxygen atoms in total. The van der Waals surface area contributed by atoms with Crippen LogP contribution in [-0.4, -0.2) is 6.29 Å². The zero-order chi connectivity index (χ0) is 22.6. The van der Waals surface area contributed by atoms with Crippen LogP contribution in [0.4, 0.5) is 11.4 Å². The Kier molecular flexibility index (Phi) is 5.81. The minimum atomic E-state index is -0.806. The van der Waals surface area contributed by atoms with E-state index in [1.165, 1.54) is 0 Å². The van der Waals surface area contributed by atoms with Gasteiger partial charge >= 0.3 is 0 Å². The fourth-order valence-electron chi connectivity index (χ4n) is 3.39. The van der Waals surface area contributed by atoms with Crippen molar-refractivity contribution in [2.24, 2.45) is 0 Å². The van der Waals surface area contributed by atoms with E-state index >= 15 is 0 Å². The highest BCUT2D eigenvalue weighted by Gasteiger charge is 2.28. The van der Waals surface area contributed by atoms with Gasteiger partial charge in [-0.2, -0.15) is 0 Å². The topological polar surface area (TPSA) is 87.6 Å². The molecule has 0 aromatic heterocycles. The van der Waals surface area contributed by atoms with Gasteiger partial charge in [0.15, 0.2) is 0 Å². The monoisotopic (exact) mass is 424 g/mol. The third kappa shape index (κ3) is 4.57. The van der Waals surface area contributed by atoms with E-state index < -0.39 is 5.41 Å². The Balaban J connectivity index is 1.51. The smallest absolute Gasteiger partial charge is 0.134 e. The number of nitrogens with two attached hydrogens (primary N) is 2. The Hall–Kier alpha value is -4.25. The molecule has 4 rings (SSSR count). The normalized spacial score (nSPS) is 11.0. The van der Waals surface area contributed by atoms with Crippen molar-refractivity contribution in [1.29, 1.82) is 0 Å². The highest BCUT2D eigenvalue weighted by molar-refractivity contribution is 5.74. The van der Waals surface area contributed by atoms with Crippen LogP contribution in [0.2, 0.25) is 0 Å². The molecule has 0 saturated carbocycles. The van der Waals surface area contributed by atoms with Crippen molar-refractivity contribution in [3.63, 3.8) is 0 Å². The first-order valence-corrected chi connectivity index (χ1v) is 10.2. The van der Waals surface area contributed by atoms with Gasteiger partial charge in [0, 0.05) is 11.4 Å². The zero-order valence-corrected chi connectivity index (χ0v) is 17.7. The Morgan fingerprint density at radius 3 is 1.12 bits per heavy atom. The molecule has 160 valence electrons. The molecule has 0 fully saturated rings. The van der Waals surface area contributed by atoms with Gasteiger partial charge in [-0.15, -0.1) is 0 Å². The van der Waals surface area contributed by atoms with Crippen molar-refractivity contribution in [2.45, 2.75) is 12.3 Å². The van der Waals surface area contributed by atoms with Gasteiger partial charge in [-0.3, -0.25) is 0 Å². The highest BCUT2D eigenvalue weighted by atomic mass is 16.5. The van der Waals surface area contributed by atoms with Gasteiger partial charge in [0.1, 0.15) is 29.3 Å². The van der Waals surface area contributed by atoms with Crippen LogP contribution < -0.4 is 20.9 Å². The first-order valence-electron chi connectivity index (χ1n) is 10.2. The second-order valence-electron chi connectivity index (χ2n) is 7.71. The van der Waals surface area contributed by atoms with Gasteiger partial charge in [-0.05, 0) is 90.8 Å².